The second-order valence-corrected chi connectivity index (χ2v) is 8.20. The lowest BCUT2D eigenvalue weighted by Gasteiger charge is -2.17. The normalized spacial score (nSPS) is 17.0. The van der Waals surface area contributed by atoms with Crippen molar-refractivity contribution >= 4 is 5.91 Å². The number of amides is 1. The summed E-state index contributed by atoms with van der Waals surface area (Å²) in [7, 11) is 1.69. The van der Waals surface area contributed by atoms with Gasteiger partial charge in [-0.25, -0.2) is 9.97 Å². The third-order valence-electron chi connectivity index (χ3n) is 5.43. The molecular formula is C23H32N4O2. The molecule has 1 fully saturated rings. The van der Waals surface area contributed by atoms with E-state index in [0.717, 1.165) is 54.6 Å². The highest BCUT2D eigenvalue weighted by Crippen LogP contribution is 2.27. The van der Waals surface area contributed by atoms with Crippen LogP contribution in [-0.4, -0.2) is 47.0 Å². The van der Waals surface area contributed by atoms with Crippen molar-refractivity contribution in [2.45, 2.75) is 59.0 Å². The van der Waals surface area contributed by atoms with Gasteiger partial charge in [-0.1, -0.05) is 12.1 Å². The van der Waals surface area contributed by atoms with Crippen molar-refractivity contribution in [2.75, 3.05) is 20.2 Å². The van der Waals surface area contributed by atoms with Crippen LogP contribution in [0.5, 0.6) is 5.75 Å². The fourth-order valence-electron chi connectivity index (χ4n) is 3.91. The molecule has 1 aliphatic heterocycles. The third kappa shape index (κ3) is 5.54. The van der Waals surface area contributed by atoms with Gasteiger partial charge in [-0.3, -0.25) is 9.69 Å². The van der Waals surface area contributed by atoms with Gasteiger partial charge < -0.3 is 10.1 Å². The van der Waals surface area contributed by atoms with Gasteiger partial charge >= 0.3 is 0 Å². The molecule has 29 heavy (non-hydrogen) atoms. The molecule has 1 aliphatic rings. The van der Waals surface area contributed by atoms with Crippen molar-refractivity contribution < 1.29 is 9.53 Å². The predicted molar refractivity (Wildman–Crippen MR) is 114 cm³/mol. The number of ether oxygens (including phenoxy) is 1. The first kappa shape index (κ1) is 21.2. The second kappa shape index (κ2) is 9.35. The number of nitrogens with zero attached hydrogens (tertiary/aromatic N) is 3. The molecule has 0 bridgehead atoms. The zero-order valence-electron chi connectivity index (χ0n) is 18.2. The Morgan fingerprint density at radius 2 is 1.86 bits per heavy atom. The molecule has 6 nitrogen and oxygen atoms in total. The van der Waals surface area contributed by atoms with Crippen LogP contribution >= 0.6 is 0 Å². The molecule has 0 saturated carbocycles. The van der Waals surface area contributed by atoms with Gasteiger partial charge in [0.1, 0.15) is 11.6 Å². The fourth-order valence-corrected chi connectivity index (χ4v) is 3.91. The maximum absolute atomic E-state index is 12.1. The van der Waals surface area contributed by atoms with Gasteiger partial charge in [0, 0.05) is 42.0 Å². The predicted octanol–water partition coefficient (Wildman–Crippen LogP) is 3.16. The minimum Gasteiger partial charge on any atom is -0.497 e. The van der Waals surface area contributed by atoms with Crippen LogP contribution in [0.4, 0.5) is 0 Å². The number of methoxy groups -OCH3 is 1. The Kier molecular flexibility index (Phi) is 6.85. The van der Waals surface area contributed by atoms with E-state index in [1.165, 1.54) is 5.56 Å². The minimum absolute atomic E-state index is 0.0223. The van der Waals surface area contributed by atoms with Crippen LogP contribution in [0.15, 0.2) is 24.3 Å². The average molecular weight is 397 g/mol. The molecule has 1 aromatic carbocycles. The van der Waals surface area contributed by atoms with E-state index in [4.69, 9.17) is 14.7 Å². The van der Waals surface area contributed by atoms with E-state index in [9.17, 15) is 4.79 Å². The Morgan fingerprint density at radius 3 is 2.45 bits per heavy atom. The smallest absolute Gasteiger partial charge is 0.224 e. The largest absolute Gasteiger partial charge is 0.497 e. The monoisotopic (exact) mass is 396 g/mol. The topological polar surface area (TPSA) is 67.3 Å². The Hall–Kier alpha value is -2.47. The minimum atomic E-state index is 0.0223. The number of carbonyl (C=O) groups excluding carboxylic acids is 1. The highest BCUT2D eigenvalue weighted by Gasteiger charge is 2.27. The molecular weight excluding hydrogens is 364 g/mol. The Labute approximate surface area is 173 Å². The van der Waals surface area contributed by atoms with E-state index in [1.54, 1.807) is 7.11 Å². The summed E-state index contributed by atoms with van der Waals surface area (Å²) in [5.41, 5.74) is 4.06. The first-order chi connectivity index (χ1) is 13.9. The molecule has 6 heteroatoms. The summed E-state index contributed by atoms with van der Waals surface area (Å²) < 4.78 is 5.23. The number of benzene rings is 1. The third-order valence-corrected chi connectivity index (χ3v) is 5.43. The van der Waals surface area contributed by atoms with E-state index >= 15 is 0 Å². The van der Waals surface area contributed by atoms with E-state index < -0.39 is 0 Å². The van der Waals surface area contributed by atoms with Gasteiger partial charge in [0.25, 0.3) is 0 Å². The van der Waals surface area contributed by atoms with Crippen molar-refractivity contribution in [3.05, 3.63) is 52.6 Å². The molecule has 0 aliphatic carbocycles. The maximum atomic E-state index is 12.1. The van der Waals surface area contributed by atoms with Crippen LogP contribution in [0.25, 0.3) is 0 Å². The van der Waals surface area contributed by atoms with Crippen molar-refractivity contribution in [1.82, 2.24) is 20.2 Å². The van der Waals surface area contributed by atoms with Crippen LogP contribution in [0.3, 0.4) is 0 Å². The van der Waals surface area contributed by atoms with Crippen molar-refractivity contribution in [2.24, 2.45) is 0 Å². The molecule has 0 spiro atoms. The summed E-state index contributed by atoms with van der Waals surface area (Å²) in [6, 6.07) is 8.39. The highest BCUT2D eigenvalue weighted by atomic mass is 16.5. The molecule has 1 atom stereocenters. The Balaban J connectivity index is 1.64. The first-order valence-corrected chi connectivity index (χ1v) is 10.3. The van der Waals surface area contributed by atoms with Gasteiger partial charge in [-0.15, -0.1) is 0 Å². The summed E-state index contributed by atoms with van der Waals surface area (Å²) >= 11 is 0. The summed E-state index contributed by atoms with van der Waals surface area (Å²) in [6.07, 6.45) is 1.40. The number of nitrogens with one attached hydrogen (secondary N) is 1. The second-order valence-electron chi connectivity index (χ2n) is 8.20. The average Bonchev–Trinajstić information content (AvgIpc) is 3.13. The summed E-state index contributed by atoms with van der Waals surface area (Å²) in [4.78, 5) is 24.1. The molecule has 1 saturated heterocycles. The Morgan fingerprint density at radius 1 is 1.21 bits per heavy atom. The lowest BCUT2D eigenvalue weighted by molar-refractivity contribution is -0.120. The van der Waals surface area contributed by atoms with Gasteiger partial charge in [-0.05, 0) is 58.4 Å². The van der Waals surface area contributed by atoms with E-state index in [1.807, 2.05) is 39.8 Å². The number of aryl methyl sites for hydroxylation is 2. The van der Waals surface area contributed by atoms with Crippen LogP contribution in [0.1, 0.15) is 54.5 Å². The standard InChI is InChI=1S/C23H32N4O2/c1-15(2)24-22(28)12-21-16(3)25-23(26-17(21)4)19-10-11-27(14-19)13-18-6-8-20(29-5)9-7-18/h6-9,15,19H,10-14H2,1-5H3,(H,24,28)/t19-/m1/s1. The zero-order valence-corrected chi connectivity index (χ0v) is 18.2. The van der Waals surface area contributed by atoms with Crippen molar-refractivity contribution in [3.63, 3.8) is 0 Å². The van der Waals surface area contributed by atoms with Crippen LogP contribution in [0, 0.1) is 13.8 Å². The molecule has 1 aromatic heterocycles. The number of carbonyl (C=O) groups is 1. The van der Waals surface area contributed by atoms with Gasteiger partial charge in [0.2, 0.25) is 5.91 Å². The number of hydrogen-bond donors (Lipinski definition) is 1. The molecule has 1 N–H and O–H groups in total. The molecule has 3 rings (SSSR count). The van der Waals surface area contributed by atoms with Crippen LogP contribution in [-0.2, 0) is 17.8 Å². The molecule has 2 heterocycles. The molecule has 2 aromatic rings. The number of rotatable bonds is 7. The Bertz CT molecular complexity index is 825. The molecule has 0 unspecified atom stereocenters. The summed E-state index contributed by atoms with van der Waals surface area (Å²) in [5, 5.41) is 2.94. The summed E-state index contributed by atoms with van der Waals surface area (Å²) in [5.74, 6) is 2.15. The molecule has 0 radical (unpaired) electrons. The van der Waals surface area contributed by atoms with Crippen LogP contribution in [0.2, 0.25) is 0 Å². The maximum Gasteiger partial charge on any atom is 0.224 e. The highest BCUT2D eigenvalue weighted by molar-refractivity contribution is 5.79. The van der Waals surface area contributed by atoms with Gasteiger partial charge in [-0.2, -0.15) is 0 Å². The van der Waals surface area contributed by atoms with E-state index in [-0.39, 0.29) is 11.9 Å². The SMILES string of the molecule is COc1ccc(CN2CC[C@@H](c3nc(C)c(CC(=O)NC(C)C)c(C)n3)C2)cc1. The van der Waals surface area contributed by atoms with E-state index in [0.29, 0.717) is 12.3 Å². The zero-order chi connectivity index (χ0) is 21.0. The number of hydrogen-bond acceptors (Lipinski definition) is 5. The molecule has 1 amide bonds. The van der Waals surface area contributed by atoms with Crippen LogP contribution < -0.4 is 10.1 Å². The number of aromatic nitrogens is 2. The first-order valence-electron chi connectivity index (χ1n) is 10.3. The van der Waals surface area contributed by atoms with Gasteiger partial charge in [0.05, 0.1) is 13.5 Å². The lowest BCUT2D eigenvalue weighted by atomic mass is 10.0. The van der Waals surface area contributed by atoms with Crippen molar-refractivity contribution in [1.29, 1.82) is 0 Å². The lowest BCUT2D eigenvalue weighted by Crippen LogP contribution is -2.32. The number of likely N-dealkylation sites (tertiary alicyclic amines) is 1. The quantitative estimate of drug-likeness (QED) is 0.779. The van der Waals surface area contributed by atoms with E-state index in [2.05, 4.69) is 22.3 Å². The molecule has 156 valence electrons. The van der Waals surface area contributed by atoms with Gasteiger partial charge in [0.15, 0.2) is 0 Å². The summed E-state index contributed by atoms with van der Waals surface area (Å²) in [6.45, 7) is 10.8. The fraction of sp³-hybridized carbons (Fsp3) is 0.522. The van der Waals surface area contributed by atoms with Crippen molar-refractivity contribution in [3.8, 4) is 5.75 Å².